The van der Waals surface area contributed by atoms with Gasteiger partial charge in [0, 0.05) is 36.8 Å². The third-order valence-electron chi connectivity index (χ3n) is 6.58. The Labute approximate surface area is 185 Å². The Balaban J connectivity index is 1.41. The van der Waals surface area contributed by atoms with Gasteiger partial charge in [-0.2, -0.15) is 4.98 Å². The molecule has 2 heterocycles. The number of aromatic nitrogens is 2. The Bertz CT molecular complexity index is 863. The van der Waals surface area contributed by atoms with Crippen LogP contribution in [-0.4, -0.2) is 34.7 Å². The van der Waals surface area contributed by atoms with E-state index in [1.54, 1.807) is 0 Å². The molecule has 0 spiro atoms. The van der Waals surface area contributed by atoms with Crippen LogP contribution in [0.25, 0.3) is 0 Å². The molecule has 2 aliphatic rings. The highest BCUT2D eigenvalue weighted by Gasteiger charge is 2.35. The van der Waals surface area contributed by atoms with Crippen LogP contribution in [0.5, 0.6) is 0 Å². The fraction of sp³-hybridized carbons (Fsp3) is 0.542. The van der Waals surface area contributed by atoms with E-state index in [-0.39, 0.29) is 5.41 Å². The third kappa shape index (κ3) is 4.91. The van der Waals surface area contributed by atoms with Gasteiger partial charge in [-0.25, -0.2) is 4.98 Å². The molecule has 6 heteroatoms. The van der Waals surface area contributed by atoms with Crippen LogP contribution in [0.3, 0.4) is 0 Å². The van der Waals surface area contributed by atoms with E-state index in [1.165, 1.54) is 44.1 Å². The molecule has 0 radical (unpaired) electrons. The van der Waals surface area contributed by atoms with E-state index < -0.39 is 0 Å². The maximum absolute atomic E-state index is 5.62. The molecule has 0 bridgehead atoms. The van der Waals surface area contributed by atoms with Gasteiger partial charge in [0.1, 0.15) is 5.82 Å². The fourth-order valence-corrected chi connectivity index (χ4v) is 5.14. The number of benzene rings is 1. The van der Waals surface area contributed by atoms with Gasteiger partial charge in [-0.3, -0.25) is 0 Å². The molecule has 1 aliphatic carbocycles. The zero-order valence-corrected chi connectivity index (χ0v) is 19.0. The highest BCUT2D eigenvalue weighted by molar-refractivity contribution is 7.80. The average Bonchev–Trinajstić information content (AvgIpc) is 3.23. The molecule has 30 heavy (non-hydrogen) atoms. The maximum Gasteiger partial charge on any atom is 0.231 e. The lowest BCUT2D eigenvalue weighted by atomic mass is 9.79. The van der Waals surface area contributed by atoms with Crippen molar-refractivity contribution in [2.75, 3.05) is 29.9 Å². The summed E-state index contributed by atoms with van der Waals surface area (Å²) in [4.78, 5) is 11.7. The second-order valence-electron chi connectivity index (χ2n) is 9.05. The standard InChI is InChI=1S/C24H33N5S/c1-18-9-8-14-29(16-18)21-15-19(2)26-22(27-21)28-23(30)25-17-24(12-6-7-13-24)20-10-4-3-5-11-20/h3-5,10-11,15,18H,6-9,12-14,16-17H2,1-2H3,(H2,25,26,27,28,30)/t18-/m0/s1. The Morgan fingerprint density at radius 2 is 1.93 bits per heavy atom. The maximum atomic E-state index is 5.62. The molecule has 1 saturated heterocycles. The molecular weight excluding hydrogens is 390 g/mol. The van der Waals surface area contributed by atoms with Crippen molar-refractivity contribution in [3.05, 3.63) is 47.7 Å². The normalized spacial score (nSPS) is 20.7. The highest BCUT2D eigenvalue weighted by Crippen LogP contribution is 2.40. The predicted molar refractivity (Wildman–Crippen MR) is 128 cm³/mol. The van der Waals surface area contributed by atoms with Crippen LogP contribution in [0.4, 0.5) is 11.8 Å². The predicted octanol–water partition coefficient (Wildman–Crippen LogP) is 4.82. The average molecular weight is 424 g/mol. The number of nitrogens with zero attached hydrogens (tertiary/aromatic N) is 3. The molecule has 4 rings (SSSR count). The summed E-state index contributed by atoms with van der Waals surface area (Å²) in [6.45, 7) is 7.28. The lowest BCUT2D eigenvalue weighted by Gasteiger charge is -2.32. The second kappa shape index (κ2) is 9.29. The summed E-state index contributed by atoms with van der Waals surface area (Å²) in [7, 11) is 0. The lowest BCUT2D eigenvalue weighted by Crippen LogP contribution is -2.41. The molecule has 1 aromatic carbocycles. The van der Waals surface area contributed by atoms with Gasteiger partial charge >= 0.3 is 0 Å². The number of hydrogen-bond donors (Lipinski definition) is 2. The molecule has 160 valence electrons. The molecule has 2 N–H and O–H groups in total. The van der Waals surface area contributed by atoms with E-state index in [1.807, 2.05) is 6.92 Å². The summed E-state index contributed by atoms with van der Waals surface area (Å²) in [5.74, 6) is 2.28. The van der Waals surface area contributed by atoms with Gasteiger partial charge in [-0.1, -0.05) is 50.1 Å². The van der Waals surface area contributed by atoms with Crippen molar-refractivity contribution < 1.29 is 0 Å². The van der Waals surface area contributed by atoms with Crippen molar-refractivity contribution in [3.63, 3.8) is 0 Å². The molecule has 2 aromatic rings. The van der Waals surface area contributed by atoms with Gasteiger partial charge in [0.2, 0.25) is 5.95 Å². The van der Waals surface area contributed by atoms with Gasteiger partial charge < -0.3 is 15.5 Å². The second-order valence-corrected chi connectivity index (χ2v) is 9.45. The summed E-state index contributed by atoms with van der Waals surface area (Å²) >= 11 is 5.62. The molecule has 0 amide bonds. The van der Waals surface area contributed by atoms with E-state index >= 15 is 0 Å². The summed E-state index contributed by atoms with van der Waals surface area (Å²) in [6.07, 6.45) is 7.46. The minimum absolute atomic E-state index is 0.162. The highest BCUT2D eigenvalue weighted by atomic mass is 32.1. The Morgan fingerprint density at radius 1 is 1.17 bits per heavy atom. The van der Waals surface area contributed by atoms with Crippen molar-refractivity contribution >= 4 is 29.1 Å². The third-order valence-corrected chi connectivity index (χ3v) is 6.83. The van der Waals surface area contributed by atoms with Crippen LogP contribution in [0.15, 0.2) is 36.4 Å². The number of rotatable bonds is 5. The number of thiocarbonyl (C=S) groups is 1. The van der Waals surface area contributed by atoms with Crippen LogP contribution in [0.2, 0.25) is 0 Å². The van der Waals surface area contributed by atoms with Crippen molar-refractivity contribution in [1.29, 1.82) is 0 Å². The molecule has 0 unspecified atom stereocenters. The van der Waals surface area contributed by atoms with E-state index in [9.17, 15) is 0 Å². The SMILES string of the molecule is Cc1cc(N2CCC[C@H](C)C2)nc(NC(=S)NCC2(c3ccccc3)CCCC2)n1. The van der Waals surface area contributed by atoms with Gasteiger partial charge in [-0.05, 0) is 56.3 Å². The van der Waals surface area contributed by atoms with Gasteiger partial charge in [0.05, 0.1) is 0 Å². The molecule has 5 nitrogen and oxygen atoms in total. The fourth-order valence-electron chi connectivity index (χ4n) is 4.97. The smallest absolute Gasteiger partial charge is 0.231 e. The lowest BCUT2D eigenvalue weighted by molar-refractivity contribution is 0.435. The summed E-state index contributed by atoms with van der Waals surface area (Å²) in [5.41, 5.74) is 2.53. The summed E-state index contributed by atoms with van der Waals surface area (Å²) in [6, 6.07) is 12.9. The quantitative estimate of drug-likeness (QED) is 0.673. The Kier molecular flexibility index (Phi) is 6.52. The van der Waals surface area contributed by atoms with Crippen molar-refractivity contribution in [3.8, 4) is 0 Å². The van der Waals surface area contributed by atoms with Crippen LogP contribution < -0.4 is 15.5 Å². The number of piperidine rings is 1. The van der Waals surface area contributed by atoms with E-state index in [0.717, 1.165) is 31.1 Å². The molecule has 1 aliphatic heterocycles. The Hall–Kier alpha value is -2.21. The number of hydrogen-bond acceptors (Lipinski definition) is 4. The van der Waals surface area contributed by atoms with Crippen molar-refractivity contribution in [1.82, 2.24) is 15.3 Å². The van der Waals surface area contributed by atoms with E-state index in [4.69, 9.17) is 17.2 Å². The van der Waals surface area contributed by atoms with Crippen LogP contribution in [0.1, 0.15) is 56.7 Å². The van der Waals surface area contributed by atoms with E-state index in [2.05, 4.69) is 63.8 Å². The van der Waals surface area contributed by atoms with Crippen molar-refractivity contribution in [2.45, 2.75) is 57.8 Å². The molecule has 1 aromatic heterocycles. The number of anilines is 2. The molecule has 1 saturated carbocycles. The Morgan fingerprint density at radius 3 is 2.67 bits per heavy atom. The largest absolute Gasteiger partial charge is 0.361 e. The molecular formula is C24H33N5S. The minimum atomic E-state index is 0.162. The van der Waals surface area contributed by atoms with Crippen molar-refractivity contribution in [2.24, 2.45) is 5.92 Å². The number of aryl methyl sites for hydroxylation is 1. The summed E-state index contributed by atoms with van der Waals surface area (Å²) < 4.78 is 0. The first-order chi connectivity index (χ1) is 14.5. The topological polar surface area (TPSA) is 53.1 Å². The zero-order valence-electron chi connectivity index (χ0n) is 18.2. The van der Waals surface area contributed by atoms with E-state index in [0.29, 0.717) is 17.0 Å². The van der Waals surface area contributed by atoms with Gasteiger partial charge in [0.15, 0.2) is 5.11 Å². The first-order valence-electron chi connectivity index (χ1n) is 11.3. The van der Waals surface area contributed by atoms with Crippen LogP contribution in [0, 0.1) is 12.8 Å². The summed E-state index contributed by atoms with van der Waals surface area (Å²) in [5, 5.41) is 7.30. The monoisotopic (exact) mass is 423 g/mol. The van der Waals surface area contributed by atoms with Gasteiger partial charge in [0.25, 0.3) is 0 Å². The first kappa shape index (κ1) is 21.0. The zero-order chi connectivity index (χ0) is 21.0. The van der Waals surface area contributed by atoms with Crippen LogP contribution >= 0.6 is 12.2 Å². The molecule has 1 atom stereocenters. The number of nitrogens with one attached hydrogen (secondary N) is 2. The first-order valence-corrected chi connectivity index (χ1v) is 11.7. The van der Waals surface area contributed by atoms with Crippen LogP contribution in [-0.2, 0) is 5.41 Å². The minimum Gasteiger partial charge on any atom is -0.361 e. The molecule has 2 fully saturated rings. The van der Waals surface area contributed by atoms with Gasteiger partial charge in [-0.15, -0.1) is 0 Å².